The van der Waals surface area contributed by atoms with Crippen LogP contribution in [0, 0.1) is 0 Å². The Morgan fingerprint density at radius 2 is 2.14 bits per heavy atom. The SMILES string of the molecule is CC1(C(=O)O)CCCCN1C(=O)/C=C/c1cccc(Cl)c1. The molecular formula is C16H18ClNO3. The zero-order valence-electron chi connectivity index (χ0n) is 11.9. The minimum absolute atomic E-state index is 0.278. The molecule has 1 heterocycles. The lowest BCUT2D eigenvalue weighted by Crippen LogP contribution is -2.57. The van der Waals surface area contributed by atoms with E-state index in [9.17, 15) is 14.7 Å². The second-order valence-electron chi connectivity index (χ2n) is 5.41. The van der Waals surface area contributed by atoms with Crippen molar-refractivity contribution < 1.29 is 14.7 Å². The molecule has 5 heteroatoms. The molecule has 2 rings (SSSR count). The largest absolute Gasteiger partial charge is 0.480 e. The third-order valence-electron chi connectivity index (χ3n) is 3.88. The fourth-order valence-electron chi connectivity index (χ4n) is 2.56. The lowest BCUT2D eigenvalue weighted by atomic mass is 9.88. The zero-order valence-corrected chi connectivity index (χ0v) is 12.6. The molecule has 1 amide bonds. The monoisotopic (exact) mass is 307 g/mol. The van der Waals surface area contributed by atoms with E-state index in [1.54, 1.807) is 31.2 Å². The summed E-state index contributed by atoms with van der Waals surface area (Å²) < 4.78 is 0. The minimum Gasteiger partial charge on any atom is -0.480 e. The van der Waals surface area contributed by atoms with Gasteiger partial charge in [-0.2, -0.15) is 0 Å². The molecule has 1 saturated heterocycles. The van der Waals surface area contributed by atoms with Crippen molar-refractivity contribution in [2.45, 2.75) is 31.7 Å². The van der Waals surface area contributed by atoms with Crippen molar-refractivity contribution in [1.82, 2.24) is 4.90 Å². The van der Waals surface area contributed by atoms with Gasteiger partial charge >= 0.3 is 5.97 Å². The van der Waals surface area contributed by atoms with Gasteiger partial charge in [0.1, 0.15) is 5.54 Å². The summed E-state index contributed by atoms with van der Waals surface area (Å²) in [6.45, 7) is 2.08. The second kappa shape index (κ2) is 6.31. The number of rotatable bonds is 3. The molecule has 1 unspecified atom stereocenters. The molecule has 1 aromatic carbocycles. The zero-order chi connectivity index (χ0) is 15.5. The third kappa shape index (κ3) is 3.45. The lowest BCUT2D eigenvalue weighted by Gasteiger charge is -2.41. The number of likely N-dealkylation sites (tertiary alicyclic amines) is 1. The van der Waals surface area contributed by atoms with Gasteiger partial charge in [0.25, 0.3) is 0 Å². The standard InChI is InChI=1S/C16H18ClNO3/c1-16(15(20)21)9-2-3-10-18(16)14(19)8-7-12-5-4-6-13(17)11-12/h4-8,11H,2-3,9-10H2,1H3,(H,20,21)/b8-7+. The van der Waals surface area contributed by atoms with Crippen molar-refractivity contribution in [3.63, 3.8) is 0 Å². The van der Waals surface area contributed by atoms with E-state index in [2.05, 4.69) is 0 Å². The predicted octanol–water partition coefficient (Wildman–Crippen LogP) is 3.21. The fraction of sp³-hybridized carbons (Fsp3) is 0.375. The summed E-state index contributed by atoms with van der Waals surface area (Å²) in [6.07, 6.45) is 5.21. The van der Waals surface area contributed by atoms with Crippen LogP contribution in [0.3, 0.4) is 0 Å². The Morgan fingerprint density at radius 3 is 2.81 bits per heavy atom. The van der Waals surface area contributed by atoms with Crippen LogP contribution in [0.1, 0.15) is 31.7 Å². The highest BCUT2D eigenvalue weighted by atomic mass is 35.5. The van der Waals surface area contributed by atoms with Crippen LogP contribution in [0.2, 0.25) is 5.02 Å². The molecule has 1 aliphatic heterocycles. The van der Waals surface area contributed by atoms with Crippen LogP contribution < -0.4 is 0 Å². The van der Waals surface area contributed by atoms with Crippen LogP contribution in [0.5, 0.6) is 0 Å². The van der Waals surface area contributed by atoms with Gasteiger partial charge in [-0.25, -0.2) is 4.79 Å². The topological polar surface area (TPSA) is 57.6 Å². The molecule has 1 aromatic rings. The van der Waals surface area contributed by atoms with E-state index < -0.39 is 11.5 Å². The number of piperidine rings is 1. The van der Waals surface area contributed by atoms with Gasteiger partial charge in [0, 0.05) is 17.6 Å². The van der Waals surface area contributed by atoms with Gasteiger partial charge in [0.05, 0.1) is 0 Å². The molecule has 0 aromatic heterocycles. The van der Waals surface area contributed by atoms with Crippen LogP contribution in [0.25, 0.3) is 6.08 Å². The van der Waals surface area contributed by atoms with Crippen molar-refractivity contribution in [1.29, 1.82) is 0 Å². The first-order valence-electron chi connectivity index (χ1n) is 6.92. The Kier molecular flexibility index (Phi) is 4.68. The highest BCUT2D eigenvalue weighted by molar-refractivity contribution is 6.30. The number of benzene rings is 1. The molecule has 1 N–H and O–H groups in total. The van der Waals surface area contributed by atoms with Crippen LogP contribution in [0.15, 0.2) is 30.3 Å². The smallest absolute Gasteiger partial charge is 0.329 e. The molecular weight excluding hydrogens is 290 g/mol. The third-order valence-corrected chi connectivity index (χ3v) is 4.12. The summed E-state index contributed by atoms with van der Waals surface area (Å²) in [7, 11) is 0. The molecule has 0 saturated carbocycles. The second-order valence-corrected chi connectivity index (χ2v) is 5.85. The van der Waals surface area contributed by atoms with Gasteiger partial charge in [-0.15, -0.1) is 0 Å². The first kappa shape index (κ1) is 15.6. The van der Waals surface area contributed by atoms with Gasteiger partial charge in [0.2, 0.25) is 5.91 Å². The van der Waals surface area contributed by atoms with Crippen LogP contribution >= 0.6 is 11.6 Å². The van der Waals surface area contributed by atoms with E-state index in [0.29, 0.717) is 18.0 Å². The number of hydrogen-bond donors (Lipinski definition) is 1. The normalized spacial score (nSPS) is 22.5. The van der Waals surface area contributed by atoms with Crippen molar-refractivity contribution in [2.24, 2.45) is 0 Å². The van der Waals surface area contributed by atoms with Crippen LogP contribution in [-0.4, -0.2) is 34.0 Å². The fourth-order valence-corrected chi connectivity index (χ4v) is 2.76. The molecule has 1 aliphatic rings. The number of amides is 1. The minimum atomic E-state index is -1.12. The van der Waals surface area contributed by atoms with Crippen molar-refractivity contribution in [3.05, 3.63) is 40.9 Å². The number of aliphatic carboxylic acids is 1. The number of nitrogens with zero attached hydrogens (tertiary/aromatic N) is 1. The Hall–Kier alpha value is -1.81. The summed E-state index contributed by atoms with van der Waals surface area (Å²) in [5.41, 5.74) is -0.307. The number of halogens is 1. The highest BCUT2D eigenvalue weighted by Crippen LogP contribution is 2.28. The van der Waals surface area contributed by atoms with E-state index in [0.717, 1.165) is 18.4 Å². The molecule has 0 radical (unpaired) electrons. The Bertz CT molecular complexity index is 585. The first-order valence-corrected chi connectivity index (χ1v) is 7.30. The van der Waals surface area contributed by atoms with Crippen LogP contribution in [0.4, 0.5) is 0 Å². The Morgan fingerprint density at radius 1 is 1.38 bits per heavy atom. The van der Waals surface area contributed by atoms with E-state index in [4.69, 9.17) is 11.6 Å². The van der Waals surface area contributed by atoms with Crippen molar-refractivity contribution in [2.75, 3.05) is 6.54 Å². The maximum absolute atomic E-state index is 12.3. The van der Waals surface area contributed by atoms with Crippen molar-refractivity contribution in [3.8, 4) is 0 Å². The number of carboxylic acid groups (broad SMARTS) is 1. The highest BCUT2D eigenvalue weighted by Gasteiger charge is 2.43. The van der Waals surface area contributed by atoms with E-state index >= 15 is 0 Å². The van der Waals surface area contributed by atoms with E-state index in [1.165, 1.54) is 11.0 Å². The van der Waals surface area contributed by atoms with Gasteiger partial charge < -0.3 is 10.0 Å². The quantitative estimate of drug-likeness (QED) is 0.872. The Labute approximate surface area is 129 Å². The van der Waals surface area contributed by atoms with Gasteiger partial charge in [-0.05, 0) is 50.0 Å². The molecule has 1 atom stereocenters. The van der Waals surface area contributed by atoms with Gasteiger partial charge in [-0.3, -0.25) is 4.79 Å². The summed E-state index contributed by atoms with van der Waals surface area (Å²) >= 11 is 5.89. The molecule has 0 bridgehead atoms. The number of hydrogen-bond acceptors (Lipinski definition) is 2. The average molecular weight is 308 g/mol. The molecule has 0 spiro atoms. The molecule has 112 valence electrons. The summed E-state index contributed by atoms with van der Waals surface area (Å²) in [5.74, 6) is -1.23. The predicted molar refractivity (Wildman–Crippen MR) is 82.1 cm³/mol. The van der Waals surface area contributed by atoms with Crippen LogP contribution in [-0.2, 0) is 9.59 Å². The summed E-state index contributed by atoms with van der Waals surface area (Å²) in [4.78, 5) is 25.2. The van der Waals surface area contributed by atoms with E-state index in [-0.39, 0.29) is 5.91 Å². The summed E-state index contributed by atoms with van der Waals surface area (Å²) in [5, 5.41) is 10.00. The maximum Gasteiger partial charge on any atom is 0.329 e. The molecule has 4 nitrogen and oxygen atoms in total. The summed E-state index contributed by atoms with van der Waals surface area (Å²) in [6, 6.07) is 7.14. The number of carbonyl (C=O) groups excluding carboxylic acids is 1. The number of carbonyl (C=O) groups is 2. The van der Waals surface area contributed by atoms with Crippen molar-refractivity contribution >= 4 is 29.6 Å². The number of carboxylic acids is 1. The van der Waals surface area contributed by atoms with Gasteiger partial charge in [-0.1, -0.05) is 23.7 Å². The Balaban J connectivity index is 2.16. The first-order chi connectivity index (χ1) is 9.93. The lowest BCUT2D eigenvalue weighted by molar-refractivity contribution is -0.158. The molecule has 21 heavy (non-hydrogen) atoms. The average Bonchev–Trinajstić information content (AvgIpc) is 2.45. The molecule has 0 aliphatic carbocycles. The van der Waals surface area contributed by atoms with E-state index in [1.807, 2.05) is 6.07 Å². The maximum atomic E-state index is 12.3. The molecule has 1 fully saturated rings. The van der Waals surface area contributed by atoms with Gasteiger partial charge in [0.15, 0.2) is 0 Å².